The van der Waals surface area contributed by atoms with Crippen LogP contribution in [0, 0.1) is 19.7 Å². The summed E-state index contributed by atoms with van der Waals surface area (Å²) in [5.41, 5.74) is 2.54. The summed E-state index contributed by atoms with van der Waals surface area (Å²) in [5, 5.41) is 0. The first kappa shape index (κ1) is 13.8. The molecular weight excluding hydrogens is 311 g/mol. The van der Waals surface area contributed by atoms with Gasteiger partial charge in [0.2, 0.25) is 0 Å². The van der Waals surface area contributed by atoms with E-state index in [0.29, 0.717) is 11.1 Å². The summed E-state index contributed by atoms with van der Waals surface area (Å²) in [6.07, 6.45) is 1.06. The second kappa shape index (κ2) is 5.54. The normalized spacial score (nSPS) is 12.7. The van der Waals surface area contributed by atoms with E-state index in [0.717, 1.165) is 12.0 Å². The number of alkyl halides is 1. The molecule has 1 aromatic heterocycles. The molecule has 0 radical (unpaired) electrons. The minimum atomic E-state index is -0.0983. The number of aryl methyl sites for hydroxylation is 3. The van der Waals surface area contributed by atoms with Crippen LogP contribution in [0.5, 0.6) is 0 Å². The lowest BCUT2D eigenvalue weighted by Gasteiger charge is -2.11. The lowest BCUT2D eigenvalue weighted by atomic mass is 10.0. The maximum atomic E-state index is 13.6. The van der Waals surface area contributed by atoms with Gasteiger partial charge in [0.05, 0.1) is 4.83 Å². The van der Waals surface area contributed by atoms with E-state index in [1.807, 2.05) is 37.3 Å². The van der Waals surface area contributed by atoms with E-state index in [-0.39, 0.29) is 10.6 Å². The number of rotatable bonds is 3. The predicted molar refractivity (Wildman–Crippen MR) is 80.3 cm³/mol. The molecule has 1 aromatic carbocycles. The van der Waals surface area contributed by atoms with Crippen LogP contribution in [0.1, 0.15) is 38.2 Å². The monoisotopic (exact) mass is 326 g/mol. The molecule has 0 bridgehead atoms. The van der Waals surface area contributed by atoms with Crippen LogP contribution in [0.15, 0.2) is 24.3 Å². The van der Waals surface area contributed by atoms with Crippen LogP contribution in [0.25, 0.3) is 0 Å². The first-order valence-corrected chi connectivity index (χ1v) is 7.75. The van der Waals surface area contributed by atoms with E-state index in [1.165, 1.54) is 9.75 Å². The molecule has 2 aromatic rings. The minimum absolute atomic E-state index is 0.0983. The molecule has 2 rings (SSSR count). The van der Waals surface area contributed by atoms with E-state index < -0.39 is 0 Å². The van der Waals surface area contributed by atoms with Crippen molar-refractivity contribution in [1.29, 1.82) is 0 Å². The van der Waals surface area contributed by atoms with Crippen molar-refractivity contribution >= 4 is 27.3 Å². The van der Waals surface area contributed by atoms with Crippen LogP contribution in [-0.2, 0) is 6.42 Å². The quantitative estimate of drug-likeness (QED) is 0.648. The summed E-state index contributed by atoms with van der Waals surface area (Å²) in [4.78, 5) is 2.81. The molecule has 0 saturated heterocycles. The van der Waals surface area contributed by atoms with Gasteiger partial charge >= 0.3 is 0 Å². The molecule has 3 heteroatoms. The van der Waals surface area contributed by atoms with Crippen LogP contribution in [0.4, 0.5) is 4.39 Å². The zero-order valence-corrected chi connectivity index (χ0v) is 13.2. The second-order valence-corrected chi connectivity index (χ2v) is 6.60. The van der Waals surface area contributed by atoms with Crippen molar-refractivity contribution in [2.45, 2.75) is 32.0 Å². The van der Waals surface area contributed by atoms with Gasteiger partial charge in [0.1, 0.15) is 5.82 Å². The molecule has 0 aliphatic rings. The molecule has 0 aliphatic heterocycles. The van der Waals surface area contributed by atoms with Crippen molar-refractivity contribution < 1.29 is 4.39 Å². The first-order chi connectivity index (χ1) is 8.52. The molecule has 1 unspecified atom stereocenters. The second-order valence-electron chi connectivity index (χ2n) is 4.49. The van der Waals surface area contributed by atoms with Crippen molar-refractivity contribution in [3.05, 3.63) is 56.5 Å². The molecule has 0 aliphatic carbocycles. The molecule has 0 nitrogen and oxygen atoms in total. The molecule has 1 atom stereocenters. The van der Waals surface area contributed by atoms with Gasteiger partial charge in [-0.2, -0.15) is 0 Å². The Labute approximate surface area is 120 Å². The summed E-state index contributed by atoms with van der Waals surface area (Å²) in [5.74, 6) is -0.0983. The van der Waals surface area contributed by atoms with Gasteiger partial charge in [-0.15, -0.1) is 11.3 Å². The SMILES string of the molecule is CCc1ccc(C(Br)c2cc(C)c(F)c(C)c2)s1. The highest BCUT2D eigenvalue weighted by Gasteiger charge is 2.15. The average Bonchev–Trinajstić information content (AvgIpc) is 2.83. The Hall–Kier alpha value is -0.670. The Bertz CT molecular complexity index is 536. The van der Waals surface area contributed by atoms with Crippen molar-refractivity contribution in [1.82, 2.24) is 0 Å². The Morgan fingerprint density at radius 2 is 1.83 bits per heavy atom. The molecule has 0 N–H and O–H groups in total. The zero-order valence-electron chi connectivity index (χ0n) is 10.8. The van der Waals surface area contributed by atoms with Crippen molar-refractivity contribution in [2.24, 2.45) is 0 Å². The first-order valence-electron chi connectivity index (χ1n) is 6.02. The predicted octanol–water partition coefficient (Wildman–Crippen LogP) is 5.55. The smallest absolute Gasteiger partial charge is 0.129 e. The highest BCUT2D eigenvalue weighted by Crippen LogP contribution is 2.36. The molecule has 18 heavy (non-hydrogen) atoms. The van der Waals surface area contributed by atoms with E-state index in [1.54, 1.807) is 0 Å². The molecule has 96 valence electrons. The van der Waals surface area contributed by atoms with Gasteiger partial charge in [0.25, 0.3) is 0 Å². The Balaban J connectivity index is 2.36. The fourth-order valence-corrected chi connectivity index (χ4v) is 3.67. The van der Waals surface area contributed by atoms with Crippen molar-refractivity contribution in [3.8, 4) is 0 Å². The summed E-state index contributed by atoms with van der Waals surface area (Å²) >= 11 is 5.53. The fraction of sp³-hybridized carbons (Fsp3) is 0.333. The van der Waals surface area contributed by atoms with Crippen LogP contribution < -0.4 is 0 Å². The third kappa shape index (κ3) is 2.67. The largest absolute Gasteiger partial charge is 0.206 e. The lowest BCUT2D eigenvalue weighted by molar-refractivity contribution is 0.608. The van der Waals surface area contributed by atoms with Gasteiger partial charge in [0.15, 0.2) is 0 Å². The highest BCUT2D eigenvalue weighted by molar-refractivity contribution is 9.09. The summed E-state index contributed by atoms with van der Waals surface area (Å²) in [6, 6.07) is 8.16. The highest BCUT2D eigenvalue weighted by atomic mass is 79.9. The number of thiophene rings is 1. The van der Waals surface area contributed by atoms with E-state index >= 15 is 0 Å². The van der Waals surface area contributed by atoms with Crippen LogP contribution >= 0.6 is 27.3 Å². The Morgan fingerprint density at radius 1 is 1.22 bits per heavy atom. The Morgan fingerprint density at radius 3 is 2.33 bits per heavy atom. The van der Waals surface area contributed by atoms with Gasteiger partial charge in [-0.25, -0.2) is 4.39 Å². The third-order valence-corrected chi connectivity index (χ3v) is 5.65. The molecule has 1 heterocycles. The molecule has 0 saturated carbocycles. The standard InChI is InChI=1S/C15H16BrFS/c1-4-12-5-6-13(18-12)14(16)11-7-9(2)15(17)10(3)8-11/h5-8,14H,4H2,1-3H3. The summed E-state index contributed by atoms with van der Waals surface area (Å²) < 4.78 is 13.6. The number of hydrogen-bond donors (Lipinski definition) is 0. The maximum Gasteiger partial charge on any atom is 0.129 e. The van der Waals surface area contributed by atoms with Crippen LogP contribution in [0.3, 0.4) is 0 Å². The lowest BCUT2D eigenvalue weighted by Crippen LogP contribution is -1.95. The van der Waals surface area contributed by atoms with Crippen LogP contribution in [0.2, 0.25) is 0 Å². The maximum absolute atomic E-state index is 13.6. The Kier molecular flexibility index (Phi) is 4.23. The van der Waals surface area contributed by atoms with Gasteiger partial charge < -0.3 is 0 Å². The molecular formula is C15H16BrFS. The molecule has 0 fully saturated rings. The fourth-order valence-electron chi connectivity index (χ4n) is 2.01. The zero-order chi connectivity index (χ0) is 13.3. The van der Waals surface area contributed by atoms with Gasteiger partial charge in [-0.1, -0.05) is 35.0 Å². The minimum Gasteiger partial charge on any atom is -0.206 e. The van der Waals surface area contributed by atoms with Crippen LogP contribution in [-0.4, -0.2) is 0 Å². The van der Waals surface area contributed by atoms with E-state index in [9.17, 15) is 4.39 Å². The molecule has 0 amide bonds. The summed E-state index contributed by atoms with van der Waals surface area (Å²) in [7, 11) is 0. The van der Waals surface area contributed by atoms with E-state index in [4.69, 9.17) is 0 Å². The van der Waals surface area contributed by atoms with Gasteiger partial charge in [0, 0.05) is 9.75 Å². The average molecular weight is 327 g/mol. The number of benzene rings is 1. The van der Waals surface area contributed by atoms with Gasteiger partial charge in [-0.05, 0) is 49.1 Å². The van der Waals surface area contributed by atoms with Crippen molar-refractivity contribution in [3.63, 3.8) is 0 Å². The van der Waals surface area contributed by atoms with Crippen molar-refractivity contribution in [2.75, 3.05) is 0 Å². The van der Waals surface area contributed by atoms with Gasteiger partial charge in [-0.3, -0.25) is 0 Å². The topological polar surface area (TPSA) is 0 Å². The third-order valence-electron chi connectivity index (χ3n) is 3.03. The van der Waals surface area contributed by atoms with E-state index in [2.05, 4.69) is 35.0 Å². The summed E-state index contributed by atoms with van der Waals surface area (Å²) in [6.45, 7) is 5.79. The number of halogens is 2. The molecule has 0 spiro atoms. The number of hydrogen-bond acceptors (Lipinski definition) is 1.